The molecule has 0 radical (unpaired) electrons. The zero-order chi connectivity index (χ0) is 30.8. The Bertz CT molecular complexity index is 1630. The molecule has 0 fully saturated rings. The first kappa shape index (κ1) is 31.6. The second-order valence-corrected chi connectivity index (χ2v) is 11.4. The van der Waals surface area contributed by atoms with Crippen molar-refractivity contribution in [2.75, 3.05) is 31.4 Å². The number of hydrogen-bond donors (Lipinski definition) is 3. The second kappa shape index (κ2) is 14.7. The predicted molar refractivity (Wildman–Crippen MR) is 168 cm³/mol. The number of rotatable bonds is 14. The molecule has 1 unspecified atom stereocenters. The van der Waals surface area contributed by atoms with Gasteiger partial charge in [-0.15, -0.1) is 11.3 Å². The Morgan fingerprint density at radius 3 is 2.53 bits per heavy atom. The van der Waals surface area contributed by atoms with E-state index in [-0.39, 0.29) is 16.9 Å². The lowest BCUT2D eigenvalue weighted by molar-refractivity contribution is -0.192. The molecule has 0 saturated carbocycles. The number of pyridine rings is 1. The van der Waals surface area contributed by atoms with Crippen LogP contribution in [0.3, 0.4) is 0 Å². The first-order chi connectivity index (χ1) is 20.8. The molecule has 0 aliphatic rings. The van der Waals surface area contributed by atoms with E-state index in [4.69, 9.17) is 19.9 Å². The Morgan fingerprint density at radius 1 is 1.07 bits per heavy atom. The monoisotopic (exact) mass is 616 g/mol. The van der Waals surface area contributed by atoms with E-state index in [0.29, 0.717) is 53.7 Å². The summed E-state index contributed by atoms with van der Waals surface area (Å²) in [5.74, 6) is 0.738. The molecule has 1 atom stereocenters. The number of aromatic nitrogens is 2. The van der Waals surface area contributed by atoms with Crippen molar-refractivity contribution in [3.63, 3.8) is 0 Å². The molecule has 0 amide bonds. The number of nitrogens with zero attached hydrogens (tertiary/aromatic N) is 4. The third-order valence-corrected chi connectivity index (χ3v) is 8.23. The number of thiazole rings is 1. The van der Waals surface area contributed by atoms with Crippen molar-refractivity contribution in [2.24, 2.45) is 0 Å². The van der Waals surface area contributed by atoms with E-state index < -0.39 is 5.79 Å². The van der Waals surface area contributed by atoms with Crippen LogP contribution < -0.4 is 20.5 Å². The average molecular weight is 617 g/mol. The maximum Gasteiger partial charge on any atom is 0.187 e. The molecule has 2 heterocycles. The van der Waals surface area contributed by atoms with Crippen LogP contribution >= 0.6 is 23.1 Å². The maximum atomic E-state index is 10.1. The Morgan fingerprint density at radius 2 is 1.84 bits per heavy atom. The molecule has 4 N–H and O–H groups in total. The number of nitrogen functional groups attached to an aromatic ring is 1. The van der Waals surface area contributed by atoms with Crippen LogP contribution in [0.15, 0.2) is 58.9 Å². The summed E-state index contributed by atoms with van der Waals surface area (Å²) < 4.78 is 16.5. The number of nitrogens with one attached hydrogen (secondary N) is 1. The van der Waals surface area contributed by atoms with Crippen molar-refractivity contribution >= 4 is 39.7 Å². The van der Waals surface area contributed by atoms with Crippen LogP contribution in [0.5, 0.6) is 11.5 Å². The molecule has 0 aliphatic carbocycles. The summed E-state index contributed by atoms with van der Waals surface area (Å²) in [6.45, 7) is 4.26. The molecule has 2 aromatic carbocycles. The van der Waals surface area contributed by atoms with Crippen molar-refractivity contribution in [3.05, 3.63) is 70.7 Å². The number of nitrogens with two attached hydrogens (primary N) is 1. The molecule has 0 spiro atoms. The topological polar surface area (TPSA) is 159 Å². The van der Waals surface area contributed by atoms with Crippen LogP contribution in [0.1, 0.15) is 43.5 Å². The van der Waals surface area contributed by atoms with E-state index in [1.54, 1.807) is 38.3 Å². The third-order valence-electron chi connectivity index (χ3n) is 6.41. The predicted octanol–water partition coefficient (Wildman–Crippen LogP) is 6.48. The zero-order valence-electron chi connectivity index (χ0n) is 24.1. The van der Waals surface area contributed by atoms with Gasteiger partial charge in [0.1, 0.15) is 40.0 Å². The molecule has 0 aliphatic heterocycles. The smallest absolute Gasteiger partial charge is 0.187 e. The highest BCUT2D eigenvalue weighted by Gasteiger charge is 2.21. The average Bonchev–Trinajstić information content (AvgIpc) is 3.46. The van der Waals surface area contributed by atoms with Gasteiger partial charge in [0.15, 0.2) is 10.9 Å². The van der Waals surface area contributed by atoms with Crippen molar-refractivity contribution in [2.45, 2.75) is 43.3 Å². The lowest BCUT2D eigenvalue weighted by Gasteiger charge is -2.21. The fourth-order valence-corrected chi connectivity index (χ4v) is 5.67. The van der Waals surface area contributed by atoms with Gasteiger partial charge in [0.2, 0.25) is 0 Å². The van der Waals surface area contributed by atoms with Gasteiger partial charge in [-0.1, -0.05) is 36.9 Å². The van der Waals surface area contributed by atoms with Crippen molar-refractivity contribution in [1.82, 2.24) is 9.97 Å². The normalized spacial score (nSPS) is 12.1. The van der Waals surface area contributed by atoms with E-state index in [2.05, 4.69) is 27.4 Å². The molecule has 0 saturated heterocycles. The van der Waals surface area contributed by atoms with Gasteiger partial charge in [-0.2, -0.15) is 10.5 Å². The van der Waals surface area contributed by atoms with E-state index in [1.807, 2.05) is 36.6 Å². The fourth-order valence-electron chi connectivity index (χ4n) is 3.95. The number of ether oxygens (including phenoxy) is 3. The van der Waals surface area contributed by atoms with Crippen molar-refractivity contribution in [1.29, 1.82) is 10.5 Å². The highest BCUT2D eigenvalue weighted by Crippen LogP contribution is 2.37. The van der Waals surface area contributed by atoms with Gasteiger partial charge in [-0.25, -0.2) is 9.97 Å². The van der Waals surface area contributed by atoms with E-state index >= 15 is 0 Å². The number of nitriles is 2. The first-order valence-electron chi connectivity index (χ1n) is 13.5. The van der Waals surface area contributed by atoms with Crippen LogP contribution in [0.25, 0.3) is 11.1 Å². The summed E-state index contributed by atoms with van der Waals surface area (Å²) >= 11 is 2.80. The molecule has 43 heavy (non-hydrogen) atoms. The highest BCUT2D eigenvalue weighted by molar-refractivity contribution is 7.98. The third kappa shape index (κ3) is 8.37. The van der Waals surface area contributed by atoms with Crippen molar-refractivity contribution in [3.8, 4) is 34.8 Å². The molecule has 4 rings (SSSR count). The number of hydrogen-bond acceptors (Lipinski definition) is 12. The van der Waals surface area contributed by atoms with Crippen LogP contribution in [-0.4, -0.2) is 41.2 Å². The standard InChI is InChI=1S/C31H32N6O4S2/c1-4-31(2,38)41-14-6-13-40-23-11-9-20(10-12-23)27-25(16-32)28(34)37-29(26(27)17-33)42-18-22-19-43-30(36-22)35-21-7-5-8-24(15-21)39-3/h5,7-12,15,19,38H,4,6,13-14,18H2,1-3H3,(H2,34,37)(H,35,36). The molecule has 4 aromatic rings. The lowest BCUT2D eigenvalue weighted by Crippen LogP contribution is -2.27. The Hall–Kier alpha value is -4.33. The van der Waals surface area contributed by atoms with Gasteiger partial charge in [-0.05, 0) is 43.2 Å². The molecular weight excluding hydrogens is 585 g/mol. The number of thioether (sulfide) groups is 1. The lowest BCUT2D eigenvalue weighted by atomic mass is 9.97. The van der Waals surface area contributed by atoms with E-state index in [1.165, 1.54) is 23.1 Å². The van der Waals surface area contributed by atoms with Crippen LogP contribution in [0.2, 0.25) is 0 Å². The van der Waals surface area contributed by atoms with Gasteiger partial charge in [-0.3, -0.25) is 0 Å². The van der Waals surface area contributed by atoms with E-state index in [9.17, 15) is 15.6 Å². The number of methoxy groups -OCH3 is 1. The summed E-state index contributed by atoms with van der Waals surface area (Å²) in [5, 5.41) is 36.3. The summed E-state index contributed by atoms with van der Waals surface area (Å²) in [5.41, 5.74) is 9.36. The van der Waals surface area contributed by atoms with Gasteiger partial charge in [0.05, 0.1) is 31.6 Å². The highest BCUT2D eigenvalue weighted by atomic mass is 32.2. The minimum Gasteiger partial charge on any atom is -0.497 e. The number of aliphatic hydroxyl groups is 1. The summed E-state index contributed by atoms with van der Waals surface area (Å²) in [4.78, 5) is 9.04. The SMILES string of the molecule is CCC(C)(O)OCCCOc1ccc(-c2c(C#N)c(N)nc(SCc3csc(Nc4cccc(OC)c4)n3)c2C#N)cc1. The first-order valence-corrected chi connectivity index (χ1v) is 15.3. The molecule has 222 valence electrons. The van der Waals surface area contributed by atoms with Crippen molar-refractivity contribution < 1.29 is 19.3 Å². The maximum absolute atomic E-state index is 10.1. The quantitative estimate of drug-likeness (QED) is 0.0808. The second-order valence-electron chi connectivity index (χ2n) is 9.54. The largest absolute Gasteiger partial charge is 0.497 e. The molecule has 12 heteroatoms. The minimum atomic E-state index is -1.14. The van der Waals surface area contributed by atoms with Crippen LogP contribution in [0.4, 0.5) is 16.6 Å². The molecule has 10 nitrogen and oxygen atoms in total. The van der Waals surface area contributed by atoms with Gasteiger partial charge in [0.25, 0.3) is 0 Å². The Balaban J connectivity index is 1.46. The van der Waals surface area contributed by atoms with Crippen LogP contribution in [0, 0.1) is 22.7 Å². The molecule has 0 bridgehead atoms. The summed E-state index contributed by atoms with van der Waals surface area (Å²) in [6.07, 6.45) is 1.10. The minimum absolute atomic E-state index is 0.0564. The summed E-state index contributed by atoms with van der Waals surface area (Å²) in [7, 11) is 1.62. The fraction of sp³-hybridized carbons (Fsp3) is 0.290. The molecular formula is C31H32N6O4S2. The van der Waals surface area contributed by atoms with Gasteiger partial charge in [0, 0.05) is 34.9 Å². The summed E-state index contributed by atoms with van der Waals surface area (Å²) in [6, 6.07) is 19.0. The Labute approximate surface area is 259 Å². The van der Waals surface area contributed by atoms with Crippen LogP contribution in [-0.2, 0) is 10.5 Å². The molecule has 2 aromatic heterocycles. The number of anilines is 3. The van der Waals surface area contributed by atoms with E-state index in [0.717, 1.165) is 22.3 Å². The van der Waals surface area contributed by atoms with Gasteiger partial charge < -0.3 is 30.4 Å². The Kier molecular flexibility index (Phi) is 10.8. The number of benzene rings is 2. The zero-order valence-corrected chi connectivity index (χ0v) is 25.7. The van der Waals surface area contributed by atoms with Gasteiger partial charge >= 0.3 is 0 Å².